The van der Waals surface area contributed by atoms with Gasteiger partial charge in [0.25, 0.3) is 0 Å². The molecule has 2 amide bonds. The molecule has 0 radical (unpaired) electrons. The topological polar surface area (TPSA) is 105 Å². The molecule has 2 heterocycles. The summed E-state index contributed by atoms with van der Waals surface area (Å²) in [6.07, 6.45) is 18.4. The summed E-state index contributed by atoms with van der Waals surface area (Å²) >= 11 is 0. The van der Waals surface area contributed by atoms with Gasteiger partial charge in [-0.15, -0.1) is 12.3 Å². The Morgan fingerprint density at radius 3 is 2.14 bits per heavy atom. The number of carbonyl (C=O) groups is 3. The highest BCUT2D eigenvalue weighted by atomic mass is 16.7. The molecule has 0 aliphatic carbocycles. The van der Waals surface area contributed by atoms with Crippen LogP contribution in [0.3, 0.4) is 0 Å². The number of ether oxygens (including phenoxy) is 2. The van der Waals surface area contributed by atoms with Crippen LogP contribution in [0.4, 0.5) is 0 Å². The van der Waals surface area contributed by atoms with Crippen LogP contribution in [0.25, 0.3) is 0 Å². The van der Waals surface area contributed by atoms with E-state index in [0.717, 1.165) is 38.0 Å². The maximum atomic E-state index is 10.7. The molecule has 0 spiro atoms. The molecule has 2 fully saturated rings. The van der Waals surface area contributed by atoms with Gasteiger partial charge in [0.1, 0.15) is 6.29 Å². The highest BCUT2D eigenvalue weighted by molar-refractivity contribution is 6.01. The first kappa shape index (κ1) is 44.8. The van der Waals surface area contributed by atoms with Crippen molar-refractivity contribution < 1.29 is 23.9 Å². The SMILES string of the molecule is C#C[C@@H]1CC(C)N(CC=O)C1.C/C=C/OCO/C(C)=C/C.CC.CCCCN(C)CCCCN.CCN1C(=O)CCC1=O. The average Bonchev–Trinajstić information content (AvgIpc) is 3.55. The molecule has 2 aliphatic rings. The van der Waals surface area contributed by atoms with E-state index in [1.54, 1.807) is 13.2 Å². The lowest BCUT2D eigenvalue weighted by atomic mass is 10.1. The molecule has 2 atom stereocenters. The van der Waals surface area contributed by atoms with Crippen molar-refractivity contribution in [2.75, 3.05) is 53.1 Å². The monoisotopic (exact) mass is 608 g/mol. The van der Waals surface area contributed by atoms with Crippen LogP contribution in [0.2, 0.25) is 0 Å². The lowest BCUT2D eigenvalue weighted by molar-refractivity contribution is -0.138. The molecule has 250 valence electrons. The van der Waals surface area contributed by atoms with Gasteiger partial charge in [-0.05, 0) is 93.1 Å². The first-order valence-electron chi connectivity index (χ1n) is 16.0. The number of nitrogens with two attached hydrogens (primary N) is 1. The van der Waals surface area contributed by atoms with E-state index in [-0.39, 0.29) is 11.8 Å². The Morgan fingerprint density at radius 2 is 1.72 bits per heavy atom. The predicted molar refractivity (Wildman–Crippen MR) is 179 cm³/mol. The molecule has 2 N–H and O–H groups in total. The van der Waals surface area contributed by atoms with Gasteiger partial charge in [0, 0.05) is 37.9 Å². The first-order valence-corrected chi connectivity index (χ1v) is 16.0. The normalized spacial score (nSPS) is 17.9. The zero-order valence-electron chi connectivity index (χ0n) is 28.9. The molecule has 2 rings (SSSR count). The van der Waals surface area contributed by atoms with E-state index in [0.29, 0.717) is 44.7 Å². The molecule has 0 aromatic carbocycles. The second-order valence-electron chi connectivity index (χ2n) is 10.1. The van der Waals surface area contributed by atoms with Crippen molar-refractivity contribution in [3.05, 3.63) is 24.2 Å². The van der Waals surface area contributed by atoms with Gasteiger partial charge in [-0.2, -0.15) is 0 Å². The maximum absolute atomic E-state index is 10.7. The van der Waals surface area contributed by atoms with Gasteiger partial charge >= 0.3 is 0 Å². The second kappa shape index (κ2) is 32.2. The minimum atomic E-state index is -0.0255. The number of nitrogens with zero attached hydrogens (tertiary/aromatic N) is 3. The standard InChI is InChI=1S/C9H22N2.C9H13NO.C8H14O2.C6H9NO2.C2H6/c1-3-4-8-11(2)9-6-5-7-10;1-3-9-6-8(2)10(7-9)4-5-11;1-4-6-9-7-10-8(3)5-2;1-2-7-5(8)3-4-6(7)9;1-2/h3-10H2,1-2H3;1,5,8-9H,4,6-7H2,2H3;4-6H,7H2,1-3H3;2-4H2,1H3;1-2H3/b;;6-4+,8-5+;;/t;8?,9-;;;/m.1.../s1. The summed E-state index contributed by atoms with van der Waals surface area (Å²) < 4.78 is 9.99. The first-order chi connectivity index (χ1) is 20.6. The second-order valence-corrected chi connectivity index (χ2v) is 10.1. The van der Waals surface area contributed by atoms with E-state index in [9.17, 15) is 14.4 Å². The zero-order valence-corrected chi connectivity index (χ0v) is 28.9. The van der Waals surface area contributed by atoms with Crippen LogP contribution < -0.4 is 5.73 Å². The van der Waals surface area contributed by atoms with Crippen molar-refractivity contribution >= 4 is 18.1 Å². The molecule has 2 aliphatic heterocycles. The molecule has 9 heteroatoms. The fraction of sp³-hybridized carbons (Fsp3) is 0.735. The highest BCUT2D eigenvalue weighted by Crippen LogP contribution is 2.20. The van der Waals surface area contributed by atoms with Crippen LogP contribution in [0, 0.1) is 18.3 Å². The van der Waals surface area contributed by atoms with Crippen LogP contribution >= 0.6 is 0 Å². The zero-order chi connectivity index (χ0) is 33.5. The summed E-state index contributed by atoms with van der Waals surface area (Å²) in [5.74, 6) is 3.91. The van der Waals surface area contributed by atoms with Gasteiger partial charge in [-0.25, -0.2) is 0 Å². The molecular weight excluding hydrogens is 544 g/mol. The van der Waals surface area contributed by atoms with Crippen LogP contribution in [0.5, 0.6) is 0 Å². The number of unbranched alkanes of at least 4 members (excludes halogenated alkanes) is 2. The summed E-state index contributed by atoms with van der Waals surface area (Å²) in [6, 6.07) is 0.473. The number of allylic oxidation sites excluding steroid dienone is 3. The molecular formula is C34H64N4O5. The number of imide groups is 1. The summed E-state index contributed by atoms with van der Waals surface area (Å²) in [5, 5.41) is 0. The minimum Gasteiger partial charge on any atom is -0.465 e. The molecule has 0 saturated carbocycles. The third-order valence-corrected chi connectivity index (χ3v) is 6.60. The number of likely N-dealkylation sites (tertiary alicyclic amines) is 2. The largest absolute Gasteiger partial charge is 0.465 e. The predicted octanol–water partition coefficient (Wildman–Crippen LogP) is 5.60. The van der Waals surface area contributed by atoms with Gasteiger partial charge in [-0.3, -0.25) is 19.4 Å². The Morgan fingerprint density at radius 1 is 1.12 bits per heavy atom. The van der Waals surface area contributed by atoms with E-state index in [4.69, 9.17) is 21.6 Å². The highest BCUT2D eigenvalue weighted by Gasteiger charge is 2.27. The van der Waals surface area contributed by atoms with Crippen molar-refractivity contribution in [1.82, 2.24) is 14.7 Å². The van der Waals surface area contributed by atoms with E-state index in [1.807, 2.05) is 46.8 Å². The van der Waals surface area contributed by atoms with Gasteiger partial charge < -0.3 is 24.9 Å². The van der Waals surface area contributed by atoms with Crippen LogP contribution in [0.1, 0.15) is 100 Å². The van der Waals surface area contributed by atoms with Gasteiger partial charge in [0.05, 0.1) is 18.6 Å². The van der Waals surface area contributed by atoms with Crippen molar-refractivity contribution in [1.29, 1.82) is 0 Å². The van der Waals surface area contributed by atoms with E-state index >= 15 is 0 Å². The number of aldehydes is 1. The number of hydrogen-bond acceptors (Lipinski definition) is 8. The lowest BCUT2D eigenvalue weighted by Gasteiger charge is -2.16. The van der Waals surface area contributed by atoms with E-state index in [1.165, 1.54) is 37.3 Å². The molecule has 1 unspecified atom stereocenters. The van der Waals surface area contributed by atoms with Crippen molar-refractivity contribution in [2.24, 2.45) is 11.7 Å². The third-order valence-electron chi connectivity index (χ3n) is 6.60. The van der Waals surface area contributed by atoms with Crippen LogP contribution in [0.15, 0.2) is 24.2 Å². The maximum Gasteiger partial charge on any atom is 0.229 e. The number of terminal acetylenes is 1. The number of carbonyl (C=O) groups excluding carboxylic acids is 3. The van der Waals surface area contributed by atoms with Gasteiger partial charge in [0.2, 0.25) is 18.6 Å². The summed E-state index contributed by atoms with van der Waals surface area (Å²) in [6.45, 7) is 21.4. The smallest absolute Gasteiger partial charge is 0.229 e. The number of rotatable bonds is 14. The Balaban J connectivity index is -0.000000487. The quantitative estimate of drug-likeness (QED) is 0.0678. The Bertz CT molecular complexity index is 778. The Hall–Kier alpha value is -2.67. The minimum absolute atomic E-state index is 0.0255. The molecule has 9 nitrogen and oxygen atoms in total. The van der Waals surface area contributed by atoms with E-state index in [2.05, 4.69) is 36.6 Å². The van der Waals surface area contributed by atoms with E-state index < -0.39 is 0 Å². The number of amides is 2. The summed E-state index contributed by atoms with van der Waals surface area (Å²) in [5.41, 5.74) is 5.40. The Kier molecular flexibility index (Phi) is 33.6. The molecule has 0 bridgehead atoms. The van der Waals surface area contributed by atoms with Gasteiger partial charge in [0.15, 0.2) is 0 Å². The fourth-order valence-electron chi connectivity index (χ4n) is 3.96. The summed E-state index contributed by atoms with van der Waals surface area (Å²) in [7, 11) is 2.19. The Labute approximate surface area is 264 Å². The summed E-state index contributed by atoms with van der Waals surface area (Å²) in [4.78, 5) is 37.5. The molecule has 0 aromatic rings. The van der Waals surface area contributed by atoms with Crippen LogP contribution in [-0.2, 0) is 23.9 Å². The lowest BCUT2D eigenvalue weighted by Crippen LogP contribution is -2.28. The number of hydrogen-bond donors (Lipinski definition) is 1. The van der Waals surface area contributed by atoms with Crippen LogP contribution in [-0.4, -0.2) is 92.0 Å². The molecule has 0 aromatic heterocycles. The third kappa shape index (κ3) is 25.5. The van der Waals surface area contributed by atoms with Crippen molar-refractivity contribution in [3.8, 4) is 12.3 Å². The van der Waals surface area contributed by atoms with Gasteiger partial charge in [-0.1, -0.05) is 33.3 Å². The van der Waals surface area contributed by atoms with Crippen molar-refractivity contribution in [3.63, 3.8) is 0 Å². The van der Waals surface area contributed by atoms with Crippen molar-refractivity contribution in [2.45, 2.75) is 106 Å². The molecule has 43 heavy (non-hydrogen) atoms. The molecule has 2 saturated heterocycles. The average molecular weight is 609 g/mol. The fourth-order valence-corrected chi connectivity index (χ4v) is 3.96.